The Labute approximate surface area is 170 Å². The zero-order chi connectivity index (χ0) is 19.2. The van der Waals surface area contributed by atoms with Gasteiger partial charge < -0.3 is 9.32 Å². The van der Waals surface area contributed by atoms with E-state index in [4.69, 9.17) is 4.42 Å². The fraction of sp³-hybridized carbons (Fsp3) is 0.583. The van der Waals surface area contributed by atoms with E-state index in [0.717, 1.165) is 18.3 Å². The predicted molar refractivity (Wildman–Crippen MR) is 114 cm³/mol. The summed E-state index contributed by atoms with van der Waals surface area (Å²) >= 11 is 0. The van der Waals surface area contributed by atoms with Gasteiger partial charge in [0.15, 0.2) is 0 Å². The summed E-state index contributed by atoms with van der Waals surface area (Å²) in [4.78, 5) is 7.93. The summed E-state index contributed by atoms with van der Waals surface area (Å²) in [6.45, 7) is 7.01. The van der Waals surface area contributed by atoms with Crippen molar-refractivity contribution in [2.24, 2.45) is 0 Å². The largest absolute Gasteiger partial charge is 0.468 e. The number of likely N-dealkylation sites (tertiary alicyclic amines) is 2. The summed E-state index contributed by atoms with van der Waals surface area (Å²) in [5.74, 6) is 1.09. The first-order valence-corrected chi connectivity index (χ1v) is 11.0. The molecule has 2 aromatic rings. The molecule has 4 heteroatoms. The average Bonchev–Trinajstić information content (AvgIpc) is 3.26. The molecule has 0 unspecified atom stereocenters. The highest BCUT2D eigenvalue weighted by atomic mass is 16.3. The van der Waals surface area contributed by atoms with Gasteiger partial charge in [0.25, 0.3) is 0 Å². The van der Waals surface area contributed by atoms with Gasteiger partial charge in [-0.25, -0.2) is 0 Å². The molecule has 2 aliphatic rings. The third kappa shape index (κ3) is 5.25. The van der Waals surface area contributed by atoms with Crippen LogP contribution >= 0.6 is 0 Å². The van der Waals surface area contributed by atoms with Crippen molar-refractivity contribution in [1.82, 2.24) is 14.7 Å². The Morgan fingerprint density at radius 2 is 1.75 bits per heavy atom. The number of likely N-dealkylation sites (N-methyl/N-ethyl adjacent to an activating group) is 1. The molecule has 0 radical (unpaired) electrons. The lowest BCUT2D eigenvalue weighted by atomic mass is 9.97. The van der Waals surface area contributed by atoms with E-state index < -0.39 is 0 Å². The topological polar surface area (TPSA) is 22.9 Å². The van der Waals surface area contributed by atoms with Crippen molar-refractivity contribution in [2.75, 3.05) is 39.8 Å². The minimum Gasteiger partial charge on any atom is -0.468 e. The molecule has 0 spiro atoms. The van der Waals surface area contributed by atoms with Crippen molar-refractivity contribution >= 4 is 0 Å². The van der Waals surface area contributed by atoms with Gasteiger partial charge in [-0.1, -0.05) is 30.3 Å². The Morgan fingerprint density at radius 1 is 0.929 bits per heavy atom. The highest BCUT2D eigenvalue weighted by molar-refractivity contribution is 5.14. The number of nitrogens with zero attached hydrogens (tertiary/aromatic N) is 3. The Balaban J connectivity index is 1.22. The average molecular weight is 382 g/mol. The lowest BCUT2D eigenvalue weighted by molar-refractivity contribution is 0.0514. The van der Waals surface area contributed by atoms with Crippen LogP contribution in [0.5, 0.6) is 0 Å². The van der Waals surface area contributed by atoms with Crippen molar-refractivity contribution < 1.29 is 4.42 Å². The van der Waals surface area contributed by atoms with Crippen LogP contribution in [0.1, 0.15) is 37.0 Å². The molecule has 0 saturated carbocycles. The molecule has 28 heavy (non-hydrogen) atoms. The monoisotopic (exact) mass is 381 g/mol. The summed E-state index contributed by atoms with van der Waals surface area (Å²) in [6.07, 6.45) is 8.19. The fourth-order valence-corrected chi connectivity index (χ4v) is 4.90. The lowest BCUT2D eigenvalue weighted by Crippen LogP contribution is -2.52. The number of piperidine rings is 2. The molecule has 2 saturated heterocycles. The van der Waals surface area contributed by atoms with Crippen LogP contribution < -0.4 is 0 Å². The second kappa shape index (κ2) is 9.73. The van der Waals surface area contributed by atoms with Gasteiger partial charge in [0.2, 0.25) is 0 Å². The van der Waals surface area contributed by atoms with E-state index in [-0.39, 0.29) is 0 Å². The van der Waals surface area contributed by atoms with Crippen molar-refractivity contribution in [3.63, 3.8) is 0 Å². The fourth-order valence-electron chi connectivity index (χ4n) is 4.90. The minimum absolute atomic E-state index is 0.714. The normalized spacial score (nSPS) is 22.7. The number of rotatable bonds is 7. The van der Waals surface area contributed by atoms with Gasteiger partial charge in [-0.3, -0.25) is 9.80 Å². The summed E-state index contributed by atoms with van der Waals surface area (Å²) < 4.78 is 5.51. The predicted octanol–water partition coefficient (Wildman–Crippen LogP) is 3.88. The molecule has 4 nitrogen and oxygen atoms in total. The van der Waals surface area contributed by atoms with E-state index in [1.807, 2.05) is 6.07 Å². The number of benzene rings is 1. The molecule has 2 aliphatic heterocycles. The molecule has 0 amide bonds. The maximum atomic E-state index is 5.51. The summed E-state index contributed by atoms with van der Waals surface area (Å²) in [5, 5.41) is 0. The number of furan rings is 1. The Bertz CT molecular complexity index is 679. The molecule has 1 aromatic heterocycles. The van der Waals surface area contributed by atoms with Crippen LogP contribution in [-0.2, 0) is 13.0 Å². The third-order valence-corrected chi connectivity index (χ3v) is 6.71. The first kappa shape index (κ1) is 19.7. The van der Waals surface area contributed by atoms with Gasteiger partial charge >= 0.3 is 0 Å². The van der Waals surface area contributed by atoms with E-state index in [1.165, 1.54) is 70.4 Å². The van der Waals surface area contributed by atoms with Crippen LogP contribution in [0, 0.1) is 0 Å². The van der Waals surface area contributed by atoms with Gasteiger partial charge in [0.05, 0.1) is 12.8 Å². The van der Waals surface area contributed by atoms with Crippen molar-refractivity contribution in [2.45, 2.75) is 50.7 Å². The second-order valence-corrected chi connectivity index (χ2v) is 8.58. The highest BCUT2D eigenvalue weighted by Gasteiger charge is 2.30. The van der Waals surface area contributed by atoms with Crippen molar-refractivity contribution in [3.8, 4) is 0 Å². The van der Waals surface area contributed by atoms with Crippen LogP contribution in [0.4, 0.5) is 0 Å². The molecule has 0 bridgehead atoms. The van der Waals surface area contributed by atoms with Crippen LogP contribution in [-0.4, -0.2) is 66.6 Å². The Morgan fingerprint density at radius 3 is 2.50 bits per heavy atom. The number of hydrogen-bond acceptors (Lipinski definition) is 4. The molecule has 0 N–H and O–H groups in total. The Kier molecular flexibility index (Phi) is 6.84. The van der Waals surface area contributed by atoms with Crippen LogP contribution in [0.3, 0.4) is 0 Å². The standard InChI is InChI=1S/C24H35N3O/c1-25(22-12-16-27(17-13-22)20-24-10-6-18-28-24)23-9-5-14-26(19-23)15-11-21-7-3-2-4-8-21/h2-4,6-8,10,18,22-23H,5,9,11-17,19-20H2,1H3/t23-/m1/s1. The third-order valence-electron chi connectivity index (χ3n) is 6.71. The van der Waals surface area contributed by atoms with E-state index >= 15 is 0 Å². The summed E-state index contributed by atoms with van der Waals surface area (Å²) in [5.41, 5.74) is 1.46. The smallest absolute Gasteiger partial charge is 0.117 e. The van der Waals surface area contributed by atoms with Crippen LogP contribution in [0.2, 0.25) is 0 Å². The number of hydrogen-bond donors (Lipinski definition) is 0. The molecule has 1 atom stereocenters. The maximum absolute atomic E-state index is 5.51. The molecule has 0 aliphatic carbocycles. The highest BCUT2D eigenvalue weighted by Crippen LogP contribution is 2.23. The van der Waals surface area contributed by atoms with Crippen molar-refractivity contribution in [3.05, 3.63) is 60.1 Å². The van der Waals surface area contributed by atoms with E-state index in [0.29, 0.717) is 6.04 Å². The SMILES string of the molecule is CN(C1CCN(Cc2ccco2)CC1)[C@@H]1CCCN(CCc2ccccc2)C1. The molecule has 4 rings (SSSR count). The zero-order valence-corrected chi connectivity index (χ0v) is 17.3. The van der Waals surface area contributed by atoms with E-state index in [9.17, 15) is 0 Å². The Hall–Kier alpha value is -1.62. The maximum Gasteiger partial charge on any atom is 0.117 e. The molecule has 2 fully saturated rings. The summed E-state index contributed by atoms with van der Waals surface area (Å²) in [7, 11) is 2.37. The van der Waals surface area contributed by atoms with Crippen molar-refractivity contribution in [1.29, 1.82) is 0 Å². The molecule has 3 heterocycles. The quantitative estimate of drug-likeness (QED) is 0.726. The molecular formula is C24H35N3O. The van der Waals surface area contributed by atoms with Crippen LogP contribution in [0.25, 0.3) is 0 Å². The summed E-state index contributed by atoms with van der Waals surface area (Å²) in [6, 6.07) is 16.4. The van der Waals surface area contributed by atoms with E-state index in [2.05, 4.69) is 58.1 Å². The lowest BCUT2D eigenvalue weighted by Gasteiger charge is -2.44. The van der Waals surface area contributed by atoms with Crippen LogP contribution in [0.15, 0.2) is 53.1 Å². The minimum atomic E-state index is 0.714. The van der Waals surface area contributed by atoms with Gasteiger partial charge in [-0.2, -0.15) is 0 Å². The molecular weight excluding hydrogens is 346 g/mol. The zero-order valence-electron chi connectivity index (χ0n) is 17.3. The van der Waals surface area contributed by atoms with Gasteiger partial charge in [0, 0.05) is 38.3 Å². The first-order chi connectivity index (χ1) is 13.8. The second-order valence-electron chi connectivity index (χ2n) is 8.58. The first-order valence-electron chi connectivity index (χ1n) is 11.0. The van der Waals surface area contributed by atoms with Gasteiger partial charge in [0.1, 0.15) is 5.76 Å². The molecule has 152 valence electrons. The van der Waals surface area contributed by atoms with E-state index in [1.54, 1.807) is 6.26 Å². The molecule has 1 aromatic carbocycles. The van der Waals surface area contributed by atoms with Gasteiger partial charge in [-0.15, -0.1) is 0 Å². The van der Waals surface area contributed by atoms with Gasteiger partial charge in [-0.05, 0) is 63.4 Å².